The van der Waals surface area contributed by atoms with Crippen molar-refractivity contribution < 1.29 is 19.1 Å². The molecule has 3 aromatic rings. The Balaban J connectivity index is 1.74. The van der Waals surface area contributed by atoms with Gasteiger partial charge in [-0.05, 0) is 45.0 Å². The molecule has 34 heavy (non-hydrogen) atoms. The van der Waals surface area contributed by atoms with Crippen molar-refractivity contribution in [3.63, 3.8) is 0 Å². The molecule has 0 aliphatic rings. The molecule has 1 aromatic heterocycles. The van der Waals surface area contributed by atoms with E-state index in [4.69, 9.17) is 9.47 Å². The zero-order chi connectivity index (χ0) is 24.7. The largest absolute Gasteiger partial charge is 0.493 e. The van der Waals surface area contributed by atoms with Gasteiger partial charge in [0.25, 0.3) is 0 Å². The quantitative estimate of drug-likeness (QED) is 0.236. The van der Waals surface area contributed by atoms with Crippen molar-refractivity contribution >= 4 is 29.1 Å². The molecular weight excluding hydrogens is 452 g/mol. The summed E-state index contributed by atoms with van der Waals surface area (Å²) < 4.78 is 13.3. The summed E-state index contributed by atoms with van der Waals surface area (Å²) in [6.45, 7) is 9.44. The molecular formula is C25H28N4O4S. The van der Waals surface area contributed by atoms with E-state index in [0.29, 0.717) is 40.3 Å². The number of carbonyl (C=O) groups excluding carboxylic acids is 2. The van der Waals surface area contributed by atoms with E-state index >= 15 is 0 Å². The van der Waals surface area contributed by atoms with Gasteiger partial charge in [0.1, 0.15) is 0 Å². The highest BCUT2D eigenvalue weighted by Gasteiger charge is 2.24. The van der Waals surface area contributed by atoms with Crippen LogP contribution in [-0.4, -0.2) is 38.8 Å². The number of benzene rings is 2. The van der Waals surface area contributed by atoms with Crippen LogP contribution >= 0.6 is 11.8 Å². The molecule has 9 heteroatoms. The van der Waals surface area contributed by atoms with Gasteiger partial charge in [-0.3, -0.25) is 14.2 Å². The molecule has 0 spiro atoms. The number of methoxy groups -OCH3 is 1. The topological polar surface area (TPSA) is 95.3 Å². The number of nitrogens with zero attached hydrogens (tertiary/aromatic N) is 3. The van der Waals surface area contributed by atoms with Crippen LogP contribution in [0.4, 0.5) is 5.69 Å². The van der Waals surface area contributed by atoms with Crippen LogP contribution in [0.1, 0.15) is 43.1 Å². The van der Waals surface area contributed by atoms with Gasteiger partial charge in [-0.1, -0.05) is 42.1 Å². The first-order valence-corrected chi connectivity index (χ1v) is 11.6. The van der Waals surface area contributed by atoms with Gasteiger partial charge in [0.2, 0.25) is 5.91 Å². The molecule has 8 nitrogen and oxygen atoms in total. The maximum atomic E-state index is 12.8. The van der Waals surface area contributed by atoms with E-state index in [-0.39, 0.29) is 11.7 Å². The Hall–Kier alpha value is -3.59. The number of amides is 1. The second-order valence-electron chi connectivity index (χ2n) is 7.54. The molecule has 2 unspecified atom stereocenters. The monoisotopic (exact) mass is 480 g/mol. The number of allylic oxidation sites excluding steroid dienone is 1. The number of carbonyl (C=O) groups is 2. The first kappa shape index (κ1) is 25.0. The van der Waals surface area contributed by atoms with Crippen LogP contribution < -0.4 is 14.8 Å². The summed E-state index contributed by atoms with van der Waals surface area (Å²) in [4.78, 5) is 24.4. The normalized spacial score (nSPS) is 12.5. The molecule has 3 rings (SSSR count). The second kappa shape index (κ2) is 11.5. The Labute approximate surface area is 203 Å². The predicted octanol–water partition coefficient (Wildman–Crippen LogP) is 4.93. The molecule has 0 aliphatic carbocycles. The molecule has 2 aromatic carbocycles. The number of anilines is 1. The molecule has 1 amide bonds. The lowest BCUT2D eigenvalue weighted by atomic mass is 10.1. The highest BCUT2D eigenvalue weighted by atomic mass is 32.2. The van der Waals surface area contributed by atoms with Crippen molar-refractivity contribution in [2.24, 2.45) is 0 Å². The maximum absolute atomic E-state index is 12.8. The lowest BCUT2D eigenvalue weighted by Gasteiger charge is -2.18. The summed E-state index contributed by atoms with van der Waals surface area (Å²) in [7, 11) is 1.59. The van der Waals surface area contributed by atoms with Crippen LogP contribution in [0.3, 0.4) is 0 Å². The van der Waals surface area contributed by atoms with E-state index in [0.717, 1.165) is 0 Å². The molecule has 0 radical (unpaired) electrons. The average molecular weight is 481 g/mol. The van der Waals surface area contributed by atoms with Gasteiger partial charge < -0.3 is 14.8 Å². The summed E-state index contributed by atoms with van der Waals surface area (Å²) in [5.74, 6) is 1.56. The zero-order valence-electron chi connectivity index (χ0n) is 19.6. The van der Waals surface area contributed by atoms with Crippen molar-refractivity contribution in [1.82, 2.24) is 14.8 Å². The number of para-hydroxylation sites is 2. The Morgan fingerprint density at radius 1 is 1.15 bits per heavy atom. The third kappa shape index (κ3) is 6.05. The summed E-state index contributed by atoms with van der Waals surface area (Å²) >= 11 is 1.28. The van der Waals surface area contributed by atoms with E-state index in [1.807, 2.05) is 35.8 Å². The van der Waals surface area contributed by atoms with Crippen LogP contribution in [0.2, 0.25) is 0 Å². The van der Waals surface area contributed by atoms with Crippen molar-refractivity contribution in [1.29, 1.82) is 0 Å². The van der Waals surface area contributed by atoms with Crippen LogP contribution in [0, 0.1) is 0 Å². The zero-order valence-corrected chi connectivity index (χ0v) is 20.5. The number of ketones is 1. The van der Waals surface area contributed by atoms with Gasteiger partial charge in [-0.25, -0.2) is 0 Å². The molecule has 178 valence electrons. The molecule has 0 bridgehead atoms. The number of rotatable bonds is 11. The van der Waals surface area contributed by atoms with E-state index in [1.54, 1.807) is 44.4 Å². The average Bonchev–Trinajstić information content (AvgIpc) is 3.22. The fraction of sp³-hybridized carbons (Fsp3) is 0.280. The van der Waals surface area contributed by atoms with Crippen LogP contribution in [0.25, 0.3) is 0 Å². The standard InChI is InChI=1S/C25H28N4O4S/c1-6-14-29-23(17(3)33-22-13-8-7-12-21(22)32-5)27-28-25(29)34-18(4)24(31)26-20-11-9-10-19(15-20)16(2)30/h6-13,15,17-18H,1,14H2,2-5H3,(H,26,31). The van der Waals surface area contributed by atoms with Crippen molar-refractivity contribution in [2.75, 3.05) is 12.4 Å². The van der Waals surface area contributed by atoms with E-state index in [9.17, 15) is 9.59 Å². The maximum Gasteiger partial charge on any atom is 0.237 e. The highest BCUT2D eigenvalue weighted by Crippen LogP contribution is 2.32. The fourth-order valence-electron chi connectivity index (χ4n) is 3.22. The number of ether oxygens (including phenoxy) is 2. The van der Waals surface area contributed by atoms with Crippen molar-refractivity contribution in [3.8, 4) is 11.5 Å². The molecule has 0 aliphatic heterocycles. The number of Topliss-reactive ketones (excluding diaryl/α,β-unsaturated/α-hetero) is 1. The molecule has 1 N–H and O–H groups in total. The lowest BCUT2D eigenvalue weighted by molar-refractivity contribution is -0.115. The first-order chi connectivity index (χ1) is 16.3. The van der Waals surface area contributed by atoms with E-state index < -0.39 is 11.4 Å². The SMILES string of the molecule is C=CCn1c(SC(C)C(=O)Nc2cccc(C(C)=O)c2)nnc1C(C)Oc1ccccc1OC. The Kier molecular flexibility index (Phi) is 8.48. The molecule has 0 saturated carbocycles. The number of hydrogen-bond donors (Lipinski definition) is 1. The Bertz CT molecular complexity index is 1180. The highest BCUT2D eigenvalue weighted by molar-refractivity contribution is 8.00. The summed E-state index contributed by atoms with van der Waals surface area (Å²) in [6.07, 6.45) is 1.32. The Morgan fingerprint density at radius 2 is 1.88 bits per heavy atom. The van der Waals surface area contributed by atoms with Crippen LogP contribution in [-0.2, 0) is 11.3 Å². The fourth-order valence-corrected chi connectivity index (χ4v) is 4.08. The van der Waals surface area contributed by atoms with E-state index in [1.165, 1.54) is 18.7 Å². The minimum absolute atomic E-state index is 0.0620. The predicted molar refractivity (Wildman–Crippen MR) is 133 cm³/mol. The minimum Gasteiger partial charge on any atom is -0.493 e. The van der Waals surface area contributed by atoms with Crippen molar-refractivity contribution in [3.05, 3.63) is 72.6 Å². The smallest absolute Gasteiger partial charge is 0.237 e. The third-order valence-electron chi connectivity index (χ3n) is 4.98. The van der Waals surface area contributed by atoms with E-state index in [2.05, 4.69) is 22.1 Å². The Morgan fingerprint density at radius 3 is 2.56 bits per heavy atom. The minimum atomic E-state index is -0.466. The molecule has 1 heterocycles. The number of aromatic nitrogens is 3. The van der Waals surface area contributed by atoms with Gasteiger partial charge >= 0.3 is 0 Å². The van der Waals surface area contributed by atoms with Gasteiger partial charge in [0.15, 0.2) is 34.4 Å². The number of nitrogens with one attached hydrogen (secondary N) is 1. The van der Waals surface area contributed by atoms with Crippen LogP contribution in [0.15, 0.2) is 66.3 Å². The molecule has 2 atom stereocenters. The van der Waals surface area contributed by atoms with Crippen molar-refractivity contribution in [2.45, 2.75) is 43.8 Å². The third-order valence-corrected chi connectivity index (χ3v) is 6.06. The van der Waals surface area contributed by atoms with Gasteiger partial charge in [0.05, 0.1) is 12.4 Å². The summed E-state index contributed by atoms with van der Waals surface area (Å²) in [5.41, 5.74) is 1.11. The van der Waals surface area contributed by atoms with Gasteiger partial charge in [-0.2, -0.15) is 0 Å². The number of thioether (sulfide) groups is 1. The van der Waals surface area contributed by atoms with Crippen LogP contribution in [0.5, 0.6) is 11.5 Å². The molecule has 0 saturated heterocycles. The summed E-state index contributed by atoms with van der Waals surface area (Å²) in [5, 5.41) is 11.6. The first-order valence-electron chi connectivity index (χ1n) is 10.8. The van der Waals surface area contributed by atoms with Gasteiger partial charge in [-0.15, -0.1) is 16.8 Å². The summed E-state index contributed by atoms with van der Waals surface area (Å²) in [6, 6.07) is 14.2. The molecule has 0 fully saturated rings. The second-order valence-corrected chi connectivity index (χ2v) is 8.85. The van der Waals surface area contributed by atoms with Gasteiger partial charge in [0, 0.05) is 17.8 Å². The number of hydrogen-bond acceptors (Lipinski definition) is 7. The lowest BCUT2D eigenvalue weighted by Crippen LogP contribution is -2.23.